The molecule has 0 aliphatic carbocycles. The van der Waals surface area contributed by atoms with Gasteiger partial charge < -0.3 is 9.47 Å². The molecule has 1 saturated heterocycles. The number of rotatable bonds is 4. The summed E-state index contributed by atoms with van der Waals surface area (Å²) in [5.41, 5.74) is 0. The Labute approximate surface area is 68.9 Å². The first-order valence-electron chi connectivity index (χ1n) is 4.56. The summed E-state index contributed by atoms with van der Waals surface area (Å²) in [6, 6.07) is 0. The monoisotopic (exact) mass is 158 g/mol. The molecule has 1 aliphatic heterocycles. The number of hydrogen-bond acceptors (Lipinski definition) is 2. The van der Waals surface area contributed by atoms with E-state index in [-0.39, 0.29) is 6.29 Å². The summed E-state index contributed by atoms with van der Waals surface area (Å²) in [5.74, 6) is 0.682. The van der Waals surface area contributed by atoms with Crippen molar-refractivity contribution in [2.45, 2.75) is 39.4 Å². The Morgan fingerprint density at radius 2 is 2.36 bits per heavy atom. The molecule has 2 nitrogen and oxygen atoms in total. The molecule has 1 aliphatic rings. The predicted molar refractivity (Wildman–Crippen MR) is 44.4 cm³/mol. The van der Waals surface area contributed by atoms with Gasteiger partial charge in [-0.1, -0.05) is 20.3 Å². The van der Waals surface area contributed by atoms with Crippen molar-refractivity contribution in [3.63, 3.8) is 0 Å². The van der Waals surface area contributed by atoms with E-state index in [1.54, 1.807) is 0 Å². The zero-order valence-electron chi connectivity index (χ0n) is 7.51. The van der Waals surface area contributed by atoms with E-state index >= 15 is 0 Å². The van der Waals surface area contributed by atoms with Crippen LogP contribution in [0.4, 0.5) is 0 Å². The first kappa shape index (κ1) is 9.01. The highest BCUT2D eigenvalue weighted by Crippen LogP contribution is 2.19. The minimum atomic E-state index is 0.0940. The summed E-state index contributed by atoms with van der Waals surface area (Å²) in [6.07, 6.45) is 3.51. The largest absolute Gasteiger partial charge is 0.353 e. The van der Waals surface area contributed by atoms with Gasteiger partial charge in [-0.2, -0.15) is 0 Å². The second kappa shape index (κ2) is 4.73. The van der Waals surface area contributed by atoms with Crippen molar-refractivity contribution in [1.82, 2.24) is 0 Å². The molecule has 0 saturated carbocycles. The van der Waals surface area contributed by atoms with Gasteiger partial charge >= 0.3 is 0 Å². The Kier molecular flexibility index (Phi) is 3.87. The molecule has 66 valence electrons. The van der Waals surface area contributed by atoms with Crippen LogP contribution in [0.5, 0.6) is 0 Å². The molecule has 0 aromatic heterocycles. The maximum absolute atomic E-state index is 5.49. The average Bonchev–Trinajstić information content (AvgIpc) is 2.37. The maximum Gasteiger partial charge on any atom is 0.157 e. The molecule has 1 heterocycles. The van der Waals surface area contributed by atoms with Crippen molar-refractivity contribution in [2.75, 3.05) is 13.2 Å². The van der Waals surface area contributed by atoms with Crippen LogP contribution in [-0.2, 0) is 9.47 Å². The fourth-order valence-corrected chi connectivity index (χ4v) is 1.21. The van der Waals surface area contributed by atoms with Gasteiger partial charge in [-0.15, -0.1) is 0 Å². The van der Waals surface area contributed by atoms with Crippen LogP contribution < -0.4 is 0 Å². The molecule has 0 spiro atoms. The molecule has 0 aromatic rings. The third kappa shape index (κ3) is 3.21. The van der Waals surface area contributed by atoms with Gasteiger partial charge in [-0.25, -0.2) is 0 Å². The van der Waals surface area contributed by atoms with Gasteiger partial charge in [-0.05, 0) is 12.3 Å². The number of unbranched alkanes of at least 4 members (excludes halogenated alkanes) is 1. The summed E-state index contributed by atoms with van der Waals surface area (Å²) in [4.78, 5) is 0. The topological polar surface area (TPSA) is 18.5 Å². The fraction of sp³-hybridized carbons (Fsp3) is 1.00. The van der Waals surface area contributed by atoms with Crippen LogP contribution in [0, 0.1) is 5.92 Å². The quantitative estimate of drug-likeness (QED) is 0.584. The van der Waals surface area contributed by atoms with E-state index in [1.165, 1.54) is 6.42 Å². The molecule has 0 bridgehead atoms. The normalized spacial score (nSPS) is 31.1. The molecule has 11 heavy (non-hydrogen) atoms. The van der Waals surface area contributed by atoms with Crippen LogP contribution in [0.15, 0.2) is 0 Å². The third-order valence-electron chi connectivity index (χ3n) is 1.96. The van der Waals surface area contributed by atoms with Crippen molar-refractivity contribution in [2.24, 2.45) is 5.92 Å². The molecule has 0 amide bonds. The van der Waals surface area contributed by atoms with Crippen LogP contribution in [0.1, 0.15) is 33.1 Å². The zero-order chi connectivity index (χ0) is 8.10. The minimum Gasteiger partial charge on any atom is -0.353 e. The van der Waals surface area contributed by atoms with Crippen LogP contribution in [-0.4, -0.2) is 19.5 Å². The Balaban J connectivity index is 1.99. The highest BCUT2D eigenvalue weighted by molar-refractivity contribution is 4.62. The SMILES string of the molecule is CCCCOC1C[C@@H](C)CO1. The molecular formula is C9H18O2. The lowest BCUT2D eigenvalue weighted by Gasteiger charge is -2.09. The van der Waals surface area contributed by atoms with Gasteiger partial charge in [0.05, 0.1) is 6.61 Å². The molecule has 1 fully saturated rings. The molecule has 0 aromatic carbocycles. The Bertz CT molecular complexity index is 104. The number of hydrogen-bond donors (Lipinski definition) is 0. The summed E-state index contributed by atoms with van der Waals surface area (Å²) in [6.45, 7) is 6.09. The first-order chi connectivity index (χ1) is 5.33. The molecule has 0 N–H and O–H groups in total. The van der Waals surface area contributed by atoms with Gasteiger partial charge in [0.2, 0.25) is 0 Å². The van der Waals surface area contributed by atoms with Gasteiger partial charge in [0.25, 0.3) is 0 Å². The van der Waals surface area contributed by atoms with Gasteiger partial charge in [0.1, 0.15) is 0 Å². The maximum atomic E-state index is 5.49. The van der Waals surface area contributed by atoms with E-state index in [4.69, 9.17) is 9.47 Å². The molecule has 1 rings (SSSR count). The predicted octanol–water partition coefficient (Wildman–Crippen LogP) is 2.19. The van der Waals surface area contributed by atoms with Gasteiger partial charge in [0.15, 0.2) is 6.29 Å². The standard InChI is InChI=1S/C9H18O2/c1-3-4-5-10-9-6-8(2)7-11-9/h8-9H,3-7H2,1-2H3/t8-,9?/m1/s1. The summed E-state index contributed by atoms with van der Waals surface area (Å²) in [5, 5.41) is 0. The van der Waals surface area contributed by atoms with E-state index in [1.807, 2.05) is 0 Å². The summed E-state index contributed by atoms with van der Waals surface area (Å²) >= 11 is 0. The van der Waals surface area contributed by atoms with Crippen molar-refractivity contribution < 1.29 is 9.47 Å². The Morgan fingerprint density at radius 3 is 2.91 bits per heavy atom. The highest BCUT2D eigenvalue weighted by Gasteiger charge is 2.21. The van der Waals surface area contributed by atoms with E-state index in [0.717, 1.165) is 26.1 Å². The third-order valence-corrected chi connectivity index (χ3v) is 1.96. The molecule has 2 heteroatoms. The van der Waals surface area contributed by atoms with Crippen molar-refractivity contribution in [1.29, 1.82) is 0 Å². The lowest BCUT2D eigenvalue weighted by molar-refractivity contribution is -0.111. The van der Waals surface area contributed by atoms with Crippen molar-refractivity contribution in [3.05, 3.63) is 0 Å². The van der Waals surface area contributed by atoms with E-state index in [9.17, 15) is 0 Å². The van der Waals surface area contributed by atoms with E-state index in [2.05, 4.69) is 13.8 Å². The molecule has 0 radical (unpaired) electrons. The Hall–Kier alpha value is -0.0800. The smallest absolute Gasteiger partial charge is 0.157 e. The van der Waals surface area contributed by atoms with Crippen LogP contribution in [0.2, 0.25) is 0 Å². The van der Waals surface area contributed by atoms with Crippen LogP contribution >= 0.6 is 0 Å². The summed E-state index contributed by atoms with van der Waals surface area (Å²) in [7, 11) is 0. The fourth-order valence-electron chi connectivity index (χ4n) is 1.21. The van der Waals surface area contributed by atoms with Crippen LogP contribution in [0.25, 0.3) is 0 Å². The zero-order valence-corrected chi connectivity index (χ0v) is 7.51. The second-order valence-corrected chi connectivity index (χ2v) is 3.33. The van der Waals surface area contributed by atoms with Crippen molar-refractivity contribution >= 4 is 0 Å². The van der Waals surface area contributed by atoms with E-state index < -0.39 is 0 Å². The molecular weight excluding hydrogens is 140 g/mol. The number of ether oxygens (including phenoxy) is 2. The lowest BCUT2D eigenvalue weighted by atomic mass is 10.1. The first-order valence-corrected chi connectivity index (χ1v) is 4.56. The Morgan fingerprint density at radius 1 is 1.55 bits per heavy atom. The minimum absolute atomic E-state index is 0.0940. The lowest BCUT2D eigenvalue weighted by Crippen LogP contribution is -2.11. The summed E-state index contributed by atoms with van der Waals surface area (Å²) < 4.78 is 10.9. The van der Waals surface area contributed by atoms with Crippen molar-refractivity contribution in [3.8, 4) is 0 Å². The van der Waals surface area contributed by atoms with Crippen LogP contribution in [0.3, 0.4) is 0 Å². The molecule has 1 unspecified atom stereocenters. The van der Waals surface area contributed by atoms with Gasteiger partial charge in [-0.3, -0.25) is 0 Å². The highest BCUT2D eigenvalue weighted by atomic mass is 16.7. The van der Waals surface area contributed by atoms with E-state index in [0.29, 0.717) is 5.92 Å². The van der Waals surface area contributed by atoms with Gasteiger partial charge in [0, 0.05) is 13.0 Å². The average molecular weight is 158 g/mol. The molecule has 2 atom stereocenters. The second-order valence-electron chi connectivity index (χ2n) is 3.33.